The molecule has 0 radical (unpaired) electrons. The molecule has 6 heteroatoms. The maximum Gasteiger partial charge on any atom is 0.256 e. The molecular weight excluding hydrogens is 416 g/mol. The zero-order chi connectivity index (χ0) is 23.6. The van der Waals surface area contributed by atoms with E-state index < -0.39 is 5.54 Å². The minimum Gasteiger partial charge on any atom is -0.495 e. The lowest BCUT2D eigenvalue weighted by Gasteiger charge is -2.51. The molecule has 170 valence electrons. The van der Waals surface area contributed by atoms with Gasteiger partial charge >= 0.3 is 0 Å². The van der Waals surface area contributed by atoms with Crippen molar-refractivity contribution in [3.63, 3.8) is 0 Å². The van der Waals surface area contributed by atoms with E-state index in [4.69, 9.17) is 9.47 Å². The van der Waals surface area contributed by atoms with Crippen molar-refractivity contribution in [2.45, 2.75) is 31.7 Å². The molecule has 1 aliphatic heterocycles. The predicted molar refractivity (Wildman–Crippen MR) is 129 cm³/mol. The van der Waals surface area contributed by atoms with Gasteiger partial charge in [0.1, 0.15) is 11.5 Å². The Bertz CT molecular complexity index is 1170. The van der Waals surface area contributed by atoms with Crippen molar-refractivity contribution in [2.24, 2.45) is 0 Å². The molecule has 0 saturated carbocycles. The van der Waals surface area contributed by atoms with E-state index >= 15 is 0 Å². The molecule has 1 heterocycles. The first-order chi connectivity index (χ1) is 15.9. The Morgan fingerprint density at radius 2 is 1.52 bits per heavy atom. The molecule has 3 aromatic rings. The molecule has 1 unspecified atom stereocenters. The summed E-state index contributed by atoms with van der Waals surface area (Å²) in [6, 6.07) is 22.4. The summed E-state index contributed by atoms with van der Waals surface area (Å²) in [5.74, 6) is 0.965. The van der Waals surface area contributed by atoms with Gasteiger partial charge < -0.3 is 14.8 Å². The number of benzene rings is 3. The number of methoxy groups -OCH3 is 2. The molecule has 2 amide bonds. The lowest BCUT2D eigenvalue weighted by Crippen LogP contribution is -2.67. The quantitative estimate of drug-likeness (QED) is 0.515. The molecule has 33 heavy (non-hydrogen) atoms. The highest BCUT2D eigenvalue weighted by Crippen LogP contribution is 2.48. The number of rotatable bonds is 7. The topological polar surface area (TPSA) is 67.9 Å². The van der Waals surface area contributed by atoms with Gasteiger partial charge in [0.25, 0.3) is 5.91 Å². The van der Waals surface area contributed by atoms with Crippen LogP contribution in [0, 0.1) is 0 Å². The molecule has 6 nitrogen and oxygen atoms in total. The highest BCUT2D eigenvalue weighted by molar-refractivity contribution is 6.17. The Morgan fingerprint density at radius 3 is 2.12 bits per heavy atom. The van der Waals surface area contributed by atoms with Crippen LogP contribution in [0.25, 0.3) is 0 Å². The summed E-state index contributed by atoms with van der Waals surface area (Å²) >= 11 is 0. The van der Waals surface area contributed by atoms with Crippen molar-refractivity contribution in [3.8, 4) is 11.5 Å². The van der Waals surface area contributed by atoms with E-state index in [9.17, 15) is 9.59 Å². The Kier molecular flexibility index (Phi) is 6.09. The second-order valence-corrected chi connectivity index (χ2v) is 8.37. The SMILES string of the molecule is COc1ccccc1NC(=O)C1(c2ccc(C(C)C)cc2)CC(=O)N1c1ccccc1OC. The van der Waals surface area contributed by atoms with Crippen molar-refractivity contribution in [3.05, 3.63) is 83.9 Å². The fourth-order valence-corrected chi connectivity index (χ4v) is 4.31. The summed E-state index contributed by atoms with van der Waals surface area (Å²) in [6.45, 7) is 4.24. The number of nitrogens with zero attached hydrogens (tertiary/aromatic N) is 1. The lowest BCUT2D eigenvalue weighted by molar-refractivity contribution is -0.137. The summed E-state index contributed by atoms with van der Waals surface area (Å²) in [5, 5.41) is 3.00. The average molecular weight is 445 g/mol. The van der Waals surface area contributed by atoms with E-state index in [1.807, 2.05) is 48.5 Å². The van der Waals surface area contributed by atoms with Gasteiger partial charge in [-0.15, -0.1) is 0 Å². The summed E-state index contributed by atoms with van der Waals surface area (Å²) < 4.78 is 10.9. The van der Waals surface area contributed by atoms with Gasteiger partial charge in [-0.05, 0) is 41.3 Å². The highest BCUT2D eigenvalue weighted by atomic mass is 16.5. The number of carbonyl (C=O) groups is 2. The van der Waals surface area contributed by atoms with Crippen LogP contribution in [0.4, 0.5) is 11.4 Å². The standard InChI is InChI=1S/C27H28N2O4/c1-18(2)19-13-15-20(16-14-19)27(26(31)28-21-9-5-7-11-23(21)32-3)17-25(30)29(27)22-10-6-8-12-24(22)33-4/h5-16,18H,17H2,1-4H3,(H,28,31). The molecule has 1 atom stereocenters. The molecule has 3 aromatic carbocycles. The van der Waals surface area contributed by atoms with Crippen LogP contribution in [-0.4, -0.2) is 26.0 Å². The number of carbonyl (C=O) groups excluding carboxylic acids is 2. The molecular formula is C27H28N2O4. The molecule has 0 aliphatic carbocycles. The molecule has 1 fully saturated rings. The van der Waals surface area contributed by atoms with Crippen LogP contribution in [0.2, 0.25) is 0 Å². The fraction of sp³-hybridized carbons (Fsp3) is 0.259. The van der Waals surface area contributed by atoms with Crippen LogP contribution in [0.5, 0.6) is 11.5 Å². The summed E-state index contributed by atoms with van der Waals surface area (Å²) in [7, 11) is 3.11. The zero-order valence-corrected chi connectivity index (χ0v) is 19.3. The Morgan fingerprint density at radius 1 is 0.909 bits per heavy atom. The first-order valence-corrected chi connectivity index (χ1v) is 10.9. The van der Waals surface area contributed by atoms with Crippen LogP contribution in [0.3, 0.4) is 0 Å². The van der Waals surface area contributed by atoms with E-state index in [2.05, 4.69) is 19.2 Å². The lowest BCUT2D eigenvalue weighted by atomic mass is 9.75. The smallest absolute Gasteiger partial charge is 0.256 e. The number of amides is 2. The van der Waals surface area contributed by atoms with E-state index in [1.165, 1.54) is 0 Å². The number of hydrogen-bond donors (Lipinski definition) is 1. The van der Waals surface area contributed by atoms with Crippen LogP contribution in [0.1, 0.15) is 37.3 Å². The Hall–Kier alpha value is -3.80. The molecule has 4 rings (SSSR count). The van der Waals surface area contributed by atoms with Gasteiger partial charge in [-0.3, -0.25) is 14.5 Å². The maximum absolute atomic E-state index is 13.9. The minimum atomic E-state index is -1.22. The second-order valence-electron chi connectivity index (χ2n) is 8.37. The van der Waals surface area contributed by atoms with Crippen LogP contribution in [0.15, 0.2) is 72.8 Å². The first-order valence-electron chi connectivity index (χ1n) is 10.9. The number of para-hydroxylation sites is 4. The van der Waals surface area contributed by atoms with E-state index in [0.29, 0.717) is 28.8 Å². The summed E-state index contributed by atoms with van der Waals surface area (Å²) in [6.07, 6.45) is 0.0487. The van der Waals surface area contributed by atoms with Gasteiger partial charge in [0.15, 0.2) is 5.54 Å². The number of ether oxygens (including phenoxy) is 2. The van der Waals surface area contributed by atoms with E-state index in [0.717, 1.165) is 11.1 Å². The number of anilines is 2. The van der Waals surface area contributed by atoms with Crippen molar-refractivity contribution < 1.29 is 19.1 Å². The van der Waals surface area contributed by atoms with Crippen LogP contribution in [-0.2, 0) is 15.1 Å². The number of nitrogens with one attached hydrogen (secondary N) is 1. The van der Waals surface area contributed by atoms with Gasteiger partial charge in [-0.2, -0.15) is 0 Å². The van der Waals surface area contributed by atoms with Crippen molar-refractivity contribution >= 4 is 23.2 Å². The number of β-lactam (4-membered cyclic amide) rings is 1. The molecule has 1 N–H and O–H groups in total. The molecule has 0 bridgehead atoms. The van der Waals surface area contributed by atoms with Gasteiger partial charge in [0, 0.05) is 0 Å². The van der Waals surface area contributed by atoms with Crippen molar-refractivity contribution in [1.29, 1.82) is 0 Å². The average Bonchev–Trinajstić information content (AvgIpc) is 2.83. The van der Waals surface area contributed by atoms with Gasteiger partial charge in [0.2, 0.25) is 5.91 Å². The molecule has 0 aromatic heterocycles. The molecule has 0 spiro atoms. The third kappa shape index (κ3) is 3.82. The third-order valence-electron chi connectivity index (χ3n) is 6.15. The van der Waals surface area contributed by atoms with Crippen LogP contribution >= 0.6 is 0 Å². The van der Waals surface area contributed by atoms with Crippen molar-refractivity contribution in [1.82, 2.24) is 0 Å². The van der Waals surface area contributed by atoms with Gasteiger partial charge in [0.05, 0.1) is 32.0 Å². The Labute approximate surface area is 194 Å². The fourth-order valence-electron chi connectivity index (χ4n) is 4.31. The number of hydrogen-bond acceptors (Lipinski definition) is 4. The molecule has 1 saturated heterocycles. The largest absolute Gasteiger partial charge is 0.495 e. The van der Waals surface area contributed by atoms with Crippen molar-refractivity contribution in [2.75, 3.05) is 24.4 Å². The van der Waals surface area contributed by atoms with Gasteiger partial charge in [-0.25, -0.2) is 0 Å². The maximum atomic E-state index is 13.9. The van der Waals surface area contributed by atoms with Gasteiger partial charge in [-0.1, -0.05) is 62.4 Å². The van der Waals surface area contributed by atoms with Crippen LogP contribution < -0.4 is 19.7 Å². The third-order valence-corrected chi connectivity index (χ3v) is 6.15. The monoisotopic (exact) mass is 444 g/mol. The molecule has 1 aliphatic rings. The van der Waals surface area contributed by atoms with E-state index in [-0.39, 0.29) is 18.2 Å². The first kappa shape index (κ1) is 22.4. The highest BCUT2D eigenvalue weighted by Gasteiger charge is 2.59. The summed E-state index contributed by atoms with van der Waals surface area (Å²) in [5.41, 5.74) is 1.78. The Balaban J connectivity index is 1.84. The zero-order valence-electron chi connectivity index (χ0n) is 19.3. The van der Waals surface area contributed by atoms with E-state index in [1.54, 1.807) is 43.4 Å². The normalized spacial score (nSPS) is 17.5. The predicted octanol–water partition coefficient (Wildman–Crippen LogP) is 5.10. The minimum absolute atomic E-state index is 0.0487. The summed E-state index contributed by atoms with van der Waals surface area (Å²) in [4.78, 5) is 28.5. The second kappa shape index (κ2) is 8.98.